The Bertz CT molecular complexity index is 641. The molecular formula is C16H15F2NO2. The molecule has 0 aliphatic carbocycles. The molecule has 2 rings (SSSR count). The quantitative estimate of drug-likeness (QED) is 0.919. The van der Waals surface area contributed by atoms with Gasteiger partial charge in [-0.2, -0.15) is 0 Å². The summed E-state index contributed by atoms with van der Waals surface area (Å²) in [6.45, 7) is 0.778. The van der Waals surface area contributed by atoms with Crippen LogP contribution in [0.15, 0.2) is 42.5 Å². The van der Waals surface area contributed by atoms with E-state index in [4.69, 9.17) is 5.11 Å². The first-order valence-corrected chi connectivity index (χ1v) is 6.40. The van der Waals surface area contributed by atoms with Gasteiger partial charge in [-0.15, -0.1) is 0 Å². The maximum Gasteiger partial charge on any atom is 0.335 e. The fourth-order valence-electron chi connectivity index (χ4n) is 2.08. The number of carbonyl (C=O) groups is 1. The molecule has 0 saturated heterocycles. The molecule has 0 fully saturated rings. The Kier molecular flexibility index (Phi) is 4.65. The summed E-state index contributed by atoms with van der Waals surface area (Å²) in [5.41, 5.74) is 1.41. The second-order valence-electron chi connectivity index (χ2n) is 4.91. The molecular weight excluding hydrogens is 276 g/mol. The van der Waals surface area contributed by atoms with Gasteiger partial charge in [0.2, 0.25) is 0 Å². The molecule has 0 saturated carbocycles. The van der Waals surface area contributed by atoms with Crippen LogP contribution < -0.4 is 0 Å². The van der Waals surface area contributed by atoms with Gasteiger partial charge in [0.05, 0.1) is 5.56 Å². The predicted octanol–water partition coefficient (Wildman–Crippen LogP) is 3.30. The Morgan fingerprint density at radius 1 is 1.10 bits per heavy atom. The fraction of sp³-hybridized carbons (Fsp3) is 0.188. The van der Waals surface area contributed by atoms with Crippen molar-refractivity contribution in [1.82, 2.24) is 4.90 Å². The van der Waals surface area contributed by atoms with E-state index in [1.165, 1.54) is 18.2 Å². The van der Waals surface area contributed by atoms with Crippen molar-refractivity contribution in [2.75, 3.05) is 7.05 Å². The summed E-state index contributed by atoms with van der Waals surface area (Å²) in [6.07, 6.45) is 0. The molecule has 110 valence electrons. The molecule has 1 N–H and O–H groups in total. The van der Waals surface area contributed by atoms with E-state index in [9.17, 15) is 13.6 Å². The van der Waals surface area contributed by atoms with E-state index in [1.807, 2.05) is 4.90 Å². The molecule has 0 spiro atoms. The lowest BCUT2D eigenvalue weighted by atomic mass is 10.1. The normalized spacial score (nSPS) is 10.9. The lowest BCUT2D eigenvalue weighted by molar-refractivity contribution is 0.0697. The van der Waals surface area contributed by atoms with E-state index >= 15 is 0 Å². The maximum atomic E-state index is 13.6. The molecule has 0 amide bonds. The summed E-state index contributed by atoms with van der Waals surface area (Å²) in [4.78, 5) is 12.6. The van der Waals surface area contributed by atoms with Crippen LogP contribution in [0.25, 0.3) is 0 Å². The van der Waals surface area contributed by atoms with Crippen LogP contribution in [0.2, 0.25) is 0 Å². The Balaban J connectivity index is 2.02. The number of rotatable bonds is 5. The molecule has 0 radical (unpaired) electrons. The first-order valence-electron chi connectivity index (χ1n) is 6.40. The Morgan fingerprint density at radius 2 is 1.76 bits per heavy atom. The number of hydrogen-bond acceptors (Lipinski definition) is 2. The minimum absolute atomic E-state index is 0.220. The highest BCUT2D eigenvalue weighted by Gasteiger charge is 2.08. The molecule has 0 atom stereocenters. The Hall–Kier alpha value is -2.27. The molecule has 2 aromatic carbocycles. The molecule has 5 heteroatoms. The monoisotopic (exact) mass is 291 g/mol. The van der Waals surface area contributed by atoms with Crippen LogP contribution in [-0.4, -0.2) is 23.0 Å². The van der Waals surface area contributed by atoms with E-state index in [0.29, 0.717) is 12.1 Å². The van der Waals surface area contributed by atoms with Crippen molar-refractivity contribution in [2.24, 2.45) is 0 Å². The summed E-state index contributed by atoms with van der Waals surface area (Å²) in [5, 5.41) is 8.82. The molecule has 3 nitrogen and oxygen atoms in total. The summed E-state index contributed by atoms with van der Waals surface area (Å²) in [7, 11) is 1.79. The third-order valence-electron chi connectivity index (χ3n) is 3.10. The van der Waals surface area contributed by atoms with E-state index in [2.05, 4.69) is 0 Å². The van der Waals surface area contributed by atoms with Gasteiger partial charge in [0, 0.05) is 18.7 Å². The van der Waals surface area contributed by atoms with Crippen molar-refractivity contribution >= 4 is 5.97 Å². The van der Waals surface area contributed by atoms with Gasteiger partial charge in [-0.1, -0.05) is 12.1 Å². The number of aromatic carboxylic acids is 1. The third kappa shape index (κ3) is 4.10. The Labute approximate surface area is 121 Å². The maximum absolute atomic E-state index is 13.6. The van der Waals surface area contributed by atoms with Crippen molar-refractivity contribution in [3.63, 3.8) is 0 Å². The van der Waals surface area contributed by atoms with Gasteiger partial charge in [-0.3, -0.25) is 4.90 Å². The summed E-state index contributed by atoms with van der Waals surface area (Å²) in [5.74, 6) is -1.88. The predicted molar refractivity (Wildman–Crippen MR) is 74.9 cm³/mol. The molecule has 0 heterocycles. The van der Waals surface area contributed by atoms with Crippen molar-refractivity contribution < 1.29 is 18.7 Å². The van der Waals surface area contributed by atoms with Crippen LogP contribution >= 0.6 is 0 Å². The second kappa shape index (κ2) is 6.45. The van der Waals surface area contributed by atoms with Crippen molar-refractivity contribution in [1.29, 1.82) is 0 Å². The summed E-state index contributed by atoms with van der Waals surface area (Å²) in [6, 6.07) is 9.84. The molecule has 21 heavy (non-hydrogen) atoms. The SMILES string of the molecule is CN(Cc1ccc(C(=O)O)cc1)Cc1cc(F)ccc1F. The van der Waals surface area contributed by atoms with Crippen LogP contribution in [0.1, 0.15) is 21.5 Å². The highest BCUT2D eigenvalue weighted by atomic mass is 19.1. The van der Waals surface area contributed by atoms with Crippen molar-refractivity contribution in [3.8, 4) is 0 Å². The summed E-state index contributed by atoms with van der Waals surface area (Å²) < 4.78 is 26.7. The average molecular weight is 291 g/mol. The van der Waals surface area contributed by atoms with Crippen LogP contribution in [0.5, 0.6) is 0 Å². The first kappa shape index (κ1) is 15.1. The smallest absolute Gasteiger partial charge is 0.335 e. The molecule has 0 unspecified atom stereocenters. The van der Waals surface area contributed by atoms with E-state index < -0.39 is 17.6 Å². The molecule has 2 aromatic rings. The van der Waals surface area contributed by atoms with Gasteiger partial charge < -0.3 is 5.11 Å². The highest BCUT2D eigenvalue weighted by molar-refractivity contribution is 5.87. The largest absolute Gasteiger partial charge is 0.478 e. The van der Waals surface area contributed by atoms with Crippen molar-refractivity contribution in [3.05, 3.63) is 70.8 Å². The van der Waals surface area contributed by atoms with Gasteiger partial charge in [0.25, 0.3) is 0 Å². The number of hydrogen-bond donors (Lipinski definition) is 1. The number of carboxylic acids is 1. The minimum atomic E-state index is -0.975. The van der Waals surface area contributed by atoms with E-state index in [0.717, 1.165) is 17.7 Å². The van der Waals surface area contributed by atoms with Crippen molar-refractivity contribution in [2.45, 2.75) is 13.1 Å². The van der Waals surface area contributed by atoms with Crippen LogP contribution in [0.4, 0.5) is 8.78 Å². The van der Waals surface area contributed by atoms with Gasteiger partial charge in [-0.05, 0) is 42.9 Å². The minimum Gasteiger partial charge on any atom is -0.478 e. The summed E-state index contributed by atoms with van der Waals surface area (Å²) >= 11 is 0. The molecule has 0 bridgehead atoms. The average Bonchev–Trinajstić information content (AvgIpc) is 2.43. The van der Waals surface area contributed by atoms with Gasteiger partial charge in [0.1, 0.15) is 11.6 Å². The zero-order valence-corrected chi connectivity index (χ0v) is 11.5. The zero-order valence-electron chi connectivity index (χ0n) is 11.5. The number of halogens is 2. The van der Waals surface area contributed by atoms with Gasteiger partial charge in [-0.25, -0.2) is 13.6 Å². The molecule has 0 aromatic heterocycles. The topological polar surface area (TPSA) is 40.5 Å². The van der Waals surface area contributed by atoms with E-state index in [-0.39, 0.29) is 12.1 Å². The lowest BCUT2D eigenvalue weighted by Gasteiger charge is -2.17. The van der Waals surface area contributed by atoms with Crippen LogP contribution in [-0.2, 0) is 13.1 Å². The van der Waals surface area contributed by atoms with Gasteiger partial charge in [0.15, 0.2) is 0 Å². The Morgan fingerprint density at radius 3 is 2.38 bits per heavy atom. The van der Waals surface area contributed by atoms with Gasteiger partial charge >= 0.3 is 5.97 Å². The third-order valence-corrected chi connectivity index (χ3v) is 3.10. The molecule has 0 aliphatic rings. The second-order valence-corrected chi connectivity index (χ2v) is 4.91. The first-order chi connectivity index (χ1) is 9.95. The van der Waals surface area contributed by atoms with Crippen LogP contribution in [0, 0.1) is 11.6 Å². The lowest BCUT2D eigenvalue weighted by Crippen LogP contribution is -2.18. The van der Waals surface area contributed by atoms with Crippen LogP contribution in [0.3, 0.4) is 0 Å². The zero-order chi connectivity index (χ0) is 15.4. The highest BCUT2D eigenvalue weighted by Crippen LogP contribution is 2.14. The van der Waals surface area contributed by atoms with E-state index in [1.54, 1.807) is 19.2 Å². The fourth-order valence-corrected chi connectivity index (χ4v) is 2.08. The number of nitrogens with zero attached hydrogens (tertiary/aromatic N) is 1. The standard InChI is InChI=1S/C16H15F2NO2/c1-19(10-13-8-14(17)6-7-15(13)18)9-11-2-4-12(5-3-11)16(20)21/h2-8H,9-10H2,1H3,(H,20,21). The molecule has 0 aliphatic heterocycles. The number of carboxylic acid groups (broad SMARTS) is 1. The number of benzene rings is 2.